The molecule has 2 aromatic rings. The largest absolute Gasteiger partial charge is 0.352 e. The van der Waals surface area contributed by atoms with Crippen LogP contribution < -0.4 is 5.32 Å². The first kappa shape index (κ1) is 18.8. The molecule has 1 fully saturated rings. The summed E-state index contributed by atoms with van der Waals surface area (Å²) >= 11 is 5.92. The molecule has 1 N–H and O–H groups in total. The third-order valence-electron chi connectivity index (χ3n) is 4.36. The van der Waals surface area contributed by atoms with Crippen molar-refractivity contribution in [3.05, 3.63) is 53.6 Å². The molecule has 0 atom stereocenters. The van der Waals surface area contributed by atoms with Crippen molar-refractivity contribution in [1.82, 2.24) is 19.6 Å². The molecule has 0 unspecified atom stereocenters. The van der Waals surface area contributed by atoms with Crippen molar-refractivity contribution >= 4 is 27.5 Å². The van der Waals surface area contributed by atoms with Crippen LogP contribution in [0.2, 0.25) is 5.15 Å². The summed E-state index contributed by atoms with van der Waals surface area (Å²) in [4.78, 5) is 20.2. The van der Waals surface area contributed by atoms with Gasteiger partial charge in [0.2, 0.25) is 15.9 Å². The van der Waals surface area contributed by atoms with Gasteiger partial charge < -0.3 is 5.32 Å². The Bertz CT molecular complexity index is 869. The average molecular weight is 395 g/mol. The van der Waals surface area contributed by atoms with Crippen LogP contribution >= 0.6 is 11.6 Å². The van der Waals surface area contributed by atoms with Gasteiger partial charge in [-0.3, -0.25) is 9.78 Å². The third kappa shape index (κ3) is 4.20. The molecule has 3 rings (SSSR count). The summed E-state index contributed by atoms with van der Waals surface area (Å²) in [5.41, 5.74) is 0.923. The van der Waals surface area contributed by atoms with E-state index in [9.17, 15) is 13.2 Å². The third-order valence-corrected chi connectivity index (χ3v) is 6.70. The summed E-state index contributed by atoms with van der Waals surface area (Å²) in [5.74, 6) is -0.271. The van der Waals surface area contributed by atoms with Crippen molar-refractivity contribution in [2.75, 3.05) is 13.1 Å². The molecule has 0 spiro atoms. The molecule has 1 saturated heterocycles. The fourth-order valence-corrected chi connectivity index (χ4v) is 4.79. The smallest absolute Gasteiger partial charge is 0.246 e. The normalized spacial score (nSPS) is 16.3. The number of carbonyl (C=O) groups excluding carboxylic acids is 1. The van der Waals surface area contributed by atoms with Crippen molar-refractivity contribution in [1.29, 1.82) is 0 Å². The molecule has 3 heterocycles. The van der Waals surface area contributed by atoms with E-state index in [0.29, 0.717) is 19.4 Å². The number of amides is 1. The minimum atomic E-state index is -3.70. The second kappa shape index (κ2) is 8.11. The van der Waals surface area contributed by atoms with Gasteiger partial charge in [-0.2, -0.15) is 4.31 Å². The number of hydrogen-bond donors (Lipinski definition) is 1. The standard InChI is InChI=1S/C17H19ClN4O3S/c18-16-15(4-2-8-20-16)26(24,25)22-9-5-14(6-10-22)17(23)21-12-13-3-1-7-19-11-13/h1-4,7-8,11,14H,5-6,9-10,12H2,(H,21,23). The van der Waals surface area contributed by atoms with Crippen LogP contribution in [-0.4, -0.2) is 41.7 Å². The highest BCUT2D eigenvalue weighted by atomic mass is 35.5. The van der Waals surface area contributed by atoms with Gasteiger partial charge in [-0.15, -0.1) is 0 Å². The topological polar surface area (TPSA) is 92.3 Å². The lowest BCUT2D eigenvalue weighted by Gasteiger charge is -2.30. The number of hydrogen-bond acceptors (Lipinski definition) is 5. The molecule has 2 aromatic heterocycles. The van der Waals surface area contributed by atoms with Crippen molar-refractivity contribution in [3.8, 4) is 0 Å². The summed E-state index contributed by atoms with van der Waals surface area (Å²) < 4.78 is 26.7. The molecular weight excluding hydrogens is 376 g/mol. The molecule has 9 heteroatoms. The average Bonchev–Trinajstić information content (AvgIpc) is 2.67. The lowest BCUT2D eigenvalue weighted by Crippen LogP contribution is -2.43. The number of piperidine rings is 1. The number of halogens is 1. The zero-order valence-electron chi connectivity index (χ0n) is 14.0. The van der Waals surface area contributed by atoms with E-state index in [0.717, 1.165) is 5.56 Å². The fraction of sp³-hybridized carbons (Fsp3) is 0.353. The van der Waals surface area contributed by atoms with E-state index in [1.54, 1.807) is 12.4 Å². The Morgan fingerprint density at radius 1 is 1.23 bits per heavy atom. The van der Waals surface area contributed by atoms with Crippen LogP contribution in [0, 0.1) is 5.92 Å². The van der Waals surface area contributed by atoms with Crippen LogP contribution in [0.4, 0.5) is 0 Å². The first-order valence-electron chi connectivity index (χ1n) is 8.26. The summed E-state index contributed by atoms with van der Waals surface area (Å²) in [6.45, 7) is 0.966. The first-order chi connectivity index (χ1) is 12.5. The zero-order valence-corrected chi connectivity index (χ0v) is 15.6. The highest BCUT2D eigenvalue weighted by molar-refractivity contribution is 7.89. The maximum Gasteiger partial charge on any atom is 0.246 e. The summed E-state index contributed by atoms with van der Waals surface area (Å²) in [5, 5.41) is 2.85. The number of pyridine rings is 2. The molecule has 7 nitrogen and oxygen atoms in total. The van der Waals surface area contributed by atoms with Gasteiger partial charge in [0, 0.05) is 44.1 Å². The molecule has 0 aliphatic carbocycles. The Hall–Kier alpha value is -2.03. The van der Waals surface area contributed by atoms with E-state index >= 15 is 0 Å². The predicted octanol–water partition coefficient (Wildman–Crippen LogP) is 1.85. The summed E-state index contributed by atoms with van der Waals surface area (Å²) in [6, 6.07) is 6.68. The number of rotatable bonds is 5. The first-order valence-corrected chi connectivity index (χ1v) is 10.1. The number of carbonyl (C=O) groups is 1. The molecule has 138 valence electrons. The Morgan fingerprint density at radius 3 is 2.62 bits per heavy atom. The Kier molecular flexibility index (Phi) is 5.85. The minimum Gasteiger partial charge on any atom is -0.352 e. The lowest BCUT2D eigenvalue weighted by molar-refractivity contribution is -0.126. The summed E-state index contributed by atoms with van der Waals surface area (Å²) in [7, 11) is -3.70. The highest BCUT2D eigenvalue weighted by Crippen LogP contribution is 2.27. The fourth-order valence-electron chi connectivity index (χ4n) is 2.90. The van der Waals surface area contributed by atoms with Crippen LogP contribution in [0.5, 0.6) is 0 Å². The van der Waals surface area contributed by atoms with Gasteiger partial charge in [0.05, 0.1) is 0 Å². The van der Waals surface area contributed by atoms with Crippen LogP contribution in [0.3, 0.4) is 0 Å². The van der Waals surface area contributed by atoms with E-state index in [1.807, 2.05) is 12.1 Å². The Morgan fingerprint density at radius 2 is 1.96 bits per heavy atom. The van der Waals surface area contributed by atoms with Crippen molar-refractivity contribution in [2.24, 2.45) is 5.92 Å². The van der Waals surface area contributed by atoms with Gasteiger partial charge in [-0.25, -0.2) is 13.4 Å². The molecule has 1 aliphatic heterocycles. The van der Waals surface area contributed by atoms with Crippen LogP contribution in [-0.2, 0) is 21.4 Å². The number of sulfonamides is 1. The van der Waals surface area contributed by atoms with Gasteiger partial charge in [0.25, 0.3) is 0 Å². The maximum atomic E-state index is 12.7. The van der Waals surface area contributed by atoms with Crippen LogP contribution in [0.15, 0.2) is 47.8 Å². The van der Waals surface area contributed by atoms with Gasteiger partial charge in [-0.05, 0) is 36.6 Å². The second-order valence-corrected chi connectivity index (χ2v) is 8.31. The van der Waals surface area contributed by atoms with E-state index in [1.165, 1.54) is 22.6 Å². The molecule has 1 amide bonds. The summed E-state index contributed by atoms with van der Waals surface area (Å²) in [6.07, 6.45) is 5.76. The maximum absolute atomic E-state index is 12.7. The van der Waals surface area contributed by atoms with Crippen molar-refractivity contribution in [2.45, 2.75) is 24.3 Å². The Balaban J connectivity index is 1.57. The van der Waals surface area contributed by atoms with Crippen LogP contribution in [0.1, 0.15) is 18.4 Å². The predicted molar refractivity (Wildman–Crippen MR) is 96.8 cm³/mol. The van der Waals surface area contributed by atoms with Gasteiger partial charge in [-0.1, -0.05) is 17.7 Å². The zero-order chi connectivity index (χ0) is 18.6. The molecule has 0 bridgehead atoms. The van der Waals surface area contributed by atoms with Crippen molar-refractivity contribution < 1.29 is 13.2 Å². The molecule has 1 aliphatic rings. The number of aromatic nitrogens is 2. The van der Waals surface area contributed by atoms with E-state index < -0.39 is 10.0 Å². The van der Waals surface area contributed by atoms with Gasteiger partial charge in [0.15, 0.2) is 0 Å². The molecule has 0 radical (unpaired) electrons. The molecule has 26 heavy (non-hydrogen) atoms. The SMILES string of the molecule is O=C(NCc1cccnc1)C1CCN(S(=O)(=O)c2cccnc2Cl)CC1. The number of nitrogens with zero attached hydrogens (tertiary/aromatic N) is 3. The monoisotopic (exact) mass is 394 g/mol. The van der Waals surface area contributed by atoms with Gasteiger partial charge in [0.1, 0.15) is 10.0 Å². The van der Waals surface area contributed by atoms with E-state index in [4.69, 9.17) is 11.6 Å². The second-order valence-electron chi connectivity index (χ2n) is 6.05. The van der Waals surface area contributed by atoms with Crippen molar-refractivity contribution in [3.63, 3.8) is 0 Å². The van der Waals surface area contributed by atoms with Crippen LogP contribution in [0.25, 0.3) is 0 Å². The van der Waals surface area contributed by atoms with Gasteiger partial charge >= 0.3 is 0 Å². The Labute approximate surface area is 157 Å². The number of nitrogens with one attached hydrogen (secondary N) is 1. The highest BCUT2D eigenvalue weighted by Gasteiger charge is 2.33. The molecule has 0 saturated carbocycles. The minimum absolute atomic E-state index is 0.00106. The lowest BCUT2D eigenvalue weighted by atomic mass is 9.97. The quantitative estimate of drug-likeness (QED) is 0.781. The molecular formula is C17H19ClN4O3S. The van der Waals surface area contributed by atoms with E-state index in [2.05, 4.69) is 15.3 Å². The molecule has 0 aromatic carbocycles. The van der Waals surface area contributed by atoms with E-state index in [-0.39, 0.29) is 35.0 Å².